The quantitative estimate of drug-likeness (QED) is 0.692. The molecule has 1 rings (SSSR count). The fourth-order valence-electron chi connectivity index (χ4n) is 2.66. The predicted octanol–water partition coefficient (Wildman–Crippen LogP) is 1.63. The molecule has 0 aromatic carbocycles. The third-order valence-electron chi connectivity index (χ3n) is 4.67. The second-order valence-corrected chi connectivity index (χ2v) is 6.44. The summed E-state index contributed by atoms with van der Waals surface area (Å²) in [7, 11) is 0. The van der Waals surface area contributed by atoms with Crippen LogP contribution in [0.3, 0.4) is 0 Å². The van der Waals surface area contributed by atoms with E-state index in [1.807, 2.05) is 27.7 Å². The van der Waals surface area contributed by atoms with Crippen molar-refractivity contribution >= 4 is 11.9 Å². The van der Waals surface area contributed by atoms with Gasteiger partial charge < -0.3 is 15.7 Å². The molecule has 1 saturated heterocycles. The molecule has 0 saturated carbocycles. The Morgan fingerprint density at radius 3 is 2.55 bits per heavy atom. The van der Waals surface area contributed by atoms with Gasteiger partial charge in [-0.1, -0.05) is 34.1 Å². The Balaban J connectivity index is 2.73. The molecule has 3 atom stereocenters. The number of piperidine rings is 1. The van der Waals surface area contributed by atoms with Gasteiger partial charge in [0.05, 0.1) is 0 Å². The third-order valence-corrected chi connectivity index (χ3v) is 4.67. The van der Waals surface area contributed by atoms with Crippen molar-refractivity contribution in [3.63, 3.8) is 0 Å². The average molecular weight is 284 g/mol. The van der Waals surface area contributed by atoms with Gasteiger partial charge in [0.25, 0.3) is 0 Å². The molecule has 0 spiro atoms. The molecule has 1 aliphatic heterocycles. The summed E-state index contributed by atoms with van der Waals surface area (Å²) < 4.78 is 0. The Morgan fingerprint density at radius 1 is 1.45 bits per heavy atom. The summed E-state index contributed by atoms with van der Waals surface area (Å²) in [6.45, 7) is 9.43. The van der Waals surface area contributed by atoms with E-state index >= 15 is 0 Å². The summed E-state index contributed by atoms with van der Waals surface area (Å²) in [6.07, 6.45) is 2.80. The summed E-state index contributed by atoms with van der Waals surface area (Å²) in [6, 6.07) is -0.802. The van der Waals surface area contributed by atoms with Crippen molar-refractivity contribution < 1.29 is 14.7 Å². The molecule has 3 N–H and O–H groups in total. The number of carboxylic acid groups (broad SMARTS) is 1. The van der Waals surface area contributed by atoms with E-state index in [9.17, 15) is 14.7 Å². The topological polar surface area (TPSA) is 78.4 Å². The van der Waals surface area contributed by atoms with E-state index < -0.39 is 17.4 Å². The predicted molar refractivity (Wildman–Crippen MR) is 78.4 cm³/mol. The smallest absolute Gasteiger partial charge is 0.326 e. The largest absolute Gasteiger partial charge is 0.480 e. The molecular formula is C15H28N2O3. The van der Waals surface area contributed by atoms with Crippen LogP contribution in [0, 0.1) is 17.3 Å². The van der Waals surface area contributed by atoms with Crippen LogP contribution in [0.15, 0.2) is 0 Å². The van der Waals surface area contributed by atoms with Gasteiger partial charge >= 0.3 is 5.97 Å². The highest BCUT2D eigenvalue weighted by molar-refractivity contribution is 5.87. The lowest BCUT2D eigenvalue weighted by Crippen LogP contribution is -2.53. The van der Waals surface area contributed by atoms with Gasteiger partial charge in [0.15, 0.2) is 0 Å². The molecule has 20 heavy (non-hydrogen) atoms. The zero-order chi connectivity index (χ0) is 15.3. The number of amides is 1. The maximum Gasteiger partial charge on any atom is 0.326 e. The lowest BCUT2D eigenvalue weighted by molar-refractivity contribution is -0.146. The number of hydrogen-bond acceptors (Lipinski definition) is 3. The van der Waals surface area contributed by atoms with Crippen molar-refractivity contribution in [2.45, 2.75) is 53.0 Å². The van der Waals surface area contributed by atoms with Crippen molar-refractivity contribution in [3.05, 3.63) is 0 Å². The van der Waals surface area contributed by atoms with Crippen LogP contribution in [-0.2, 0) is 9.59 Å². The van der Waals surface area contributed by atoms with Gasteiger partial charge in [0.2, 0.25) is 5.91 Å². The standard InChI is InChI=1S/C15H28N2O3/c1-5-10(2)12(13(18)19)17-14(20)15(3,4)11-7-6-8-16-9-11/h10-12,16H,5-9H2,1-4H3,(H,17,20)(H,18,19)/t10?,11?,12-/m0/s1. The number of carboxylic acids is 1. The molecule has 0 bridgehead atoms. The van der Waals surface area contributed by atoms with E-state index in [1.54, 1.807) is 0 Å². The molecule has 5 nitrogen and oxygen atoms in total. The number of nitrogens with one attached hydrogen (secondary N) is 2. The second-order valence-electron chi connectivity index (χ2n) is 6.44. The fourth-order valence-corrected chi connectivity index (χ4v) is 2.66. The summed E-state index contributed by atoms with van der Waals surface area (Å²) >= 11 is 0. The zero-order valence-electron chi connectivity index (χ0n) is 13.0. The first kappa shape index (κ1) is 17.0. The maximum atomic E-state index is 12.5. The first-order valence-electron chi connectivity index (χ1n) is 7.55. The molecular weight excluding hydrogens is 256 g/mol. The third kappa shape index (κ3) is 3.95. The number of aliphatic carboxylic acids is 1. The highest BCUT2D eigenvalue weighted by Gasteiger charge is 2.39. The minimum atomic E-state index is -0.953. The van der Waals surface area contributed by atoms with Crippen LogP contribution >= 0.6 is 0 Å². The lowest BCUT2D eigenvalue weighted by Gasteiger charge is -2.37. The zero-order valence-corrected chi connectivity index (χ0v) is 13.0. The SMILES string of the molecule is CCC(C)[C@H](NC(=O)C(C)(C)C1CCCNC1)C(=O)O. The van der Waals surface area contributed by atoms with Crippen molar-refractivity contribution in [3.8, 4) is 0 Å². The molecule has 0 aliphatic carbocycles. The second kappa shape index (κ2) is 7.07. The minimum Gasteiger partial charge on any atom is -0.480 e. The van der Waals surface area contributed by atoms with E-state index in [2.05, 4.69) is 10.6 Å². The number of hydrogen-bond donors (Lipinski definition) is 3. The van der Waals surface area contributed by atoms with Gasteiger partial charge in [-0.2, -0.15) is 0 Å². The molecule has 0 aromatic rings. The van der Waals surface area contributed by atoms with Gasteiger partial charge in [0.1, 0.15) is 6.04 Å². The van der Waals surface area contributed by atoms with Gasteiger partial charge in [0, 0.05) is 5.41 Å². The molecule has 2 unspecified atom stereocenters. The molecule has 5 heteroatoms. The molecule has 1 heterocycles. The highest BCUT2D eigenvalue weighted by atomic mass is 16.4. The lowest BCUT2D eigenvalue weighted by atomic mass is 9.74. The summed E-state index contributed by atoms with van der Waals surface area (Å²) in [4.78, 5) is 23.8. The average Bonchev–Trinajstić information content (AvgIpc) is 2.44. The Labute approximate surface area is 121 Å². The Hall–Kier alpha value is -1.10. The summed E-state index contributed by atoms with van der Waals surface area (Å²) in [5.41, 5.74) is -0.547. The van der Waals surface area contributed by atoms with Crippen LogP contribution in [-0.4, -0.2) is 36.1 Å². The van der Waals surface area contributed by atoms with Crippen molar-refractivity contribution in [1.29, 1.82) is 0 Å². The molecule has 1 amide bonds. The Kier molecular flexibility index (Phi) is 5.99. The summed E-state index contributed by atoms with van der Waals surface area (Å²) in [5.74, 6) is -0.927. The monoisotopic (exact) mass is 284 g/mol. The fraction of sp³-hybridized carbons (Fsp3) is 0.867. The van der Waals surface area contributed by atoms with E-state index in [-0.39, 0.29) is 17.7 Å². The van der Waals surface area contributed by atoms with Gasteiger partial charge in [-0.15, -0.1) is 0 Å². The van der Waals surface area contributed by atoms with Crippen LogP contribution in [0.4, 0.5) is 0 Å². The van der Waals surface area contributed by atoms with Gasteiger partial charge in [-0.3, -0.25) is 4.79 Å². The first-order chi connectivity index (χ1) is 9.30. The first-order valence-corrected chi connectivity index (χ1v) is 7.55. The van der Waals surface area contributed by atoms with Crippen LogP contribution < -0.4 is 10.6 Å². The van der Waals surface area contributed by atoms with Crippen molar-refractivity contribution in [2.75, 3.05) is 13.1 Å². The molecule has 116 valence electrons. The van der Waals surface area contributed by atoms with Gasteiger partial charge in [-0.25, -0.2) is 4.79 Å². The van der Waals surface area contributed by atoms with E-state index in [1.165, 1.54) is 0 Å². The van der Waals surface area contributed by atoms with Crippen LogP contribution in [0.25, 0.3) is 0 Å². The van der Waals surface area contributed by atoms with Crippen molar-refractivity contribution in [1.82, 2.24) is 10.6 Å². The maximum absolute atomic E-state index is 12.5. The molecule has 0 radical (unpaired) electrons. The molecule has 1 fully saturated rings. The molecule has 1 aliphatic rings. The van der Waals surface area contributed by atoms with Crippen molar-refractivity contribution in [2.24, 2.45) is 17.3 Å². The number of rotatable bonds is 6. The summed E-state index contributed by atoms with van der Waals surface area (Å²) in [5, 5.41) is 15.3. The van der Waals surface area contributed by atoms with E-state index in [0.29, 0.717) is 0 Å². The minimum absolute atomic E-state index is 0.0725. The number of carbonyl (C=O) groups excluding carboxylic acids is 1. The van der Waals surface area contributed by atoms with E-state index in [0.717, 1.165) is 32.4 Å². The Bertz CT molecular complexity index is 349. The van der Waals surface area contributed by atoms with Gasteiger partial charge in [-0.05, 0) is 37.8 Å². The highest BCUT2D eigenvalue weighted by Crippen LogP contribution is 2.32. The normalized spacial score (nSPS) is 22.9. The van der Waals surface area contributed by atoms with Crippen LogP contribution in [0.5, 0.6) is 0 Å². The van der Waals surface area contributed by atoms with Crippen LogP contribution in [0.2, 0.25) is 0 Å². The Morgan fingerprint density at radius 2 is 2.10 bits per heavy atom. The molecule has 0 aromatic heterocycles. The number of carbonyl (C=O) groups is 2. The van der Waals surface area contributed by atoms with E-state index in [4.69, 9.17) is 0 Å². The van der Waals surface area contributed by atoms with Crippen LogP contribution in [0.1, 0.15) is 47.0 Å².